The average Bonchev–Trinajstić information content (AvgIpc) is 3.26. The predicted octanol–water partition coefficient (Wildman–Crippen LogP) is 3.59. The minimum Gasteiger partial charge on any atom is -0.496 e. The highest BCUT2D eigenvalue weighted by atomic mass is 16.5. The zero-order chi connectivity index (χ0) is 22.1. The first kappa shape index (κ1) is 20.9. The van der Waals surface area contributed by atoms with Crippen LogP contribution in [0.15, 0.2) is 42.6 Å². The molecular formula is C24H27N3O4. The number of carbonyl (C=O) groups excluding carboxylic acids is 1. The Kier molecular flexibility index (Phi) is 5.69. The number of rotatable bonds is 6. The molecule has 0 spiro atoms. The number of amides is 1. The Balaban J connectivity index is 1.75. The second-order valence-corrected chi connectivity index (χ2v) is 7.86. The minimum atomic E-state index is -0.979. The monoisotopic (exact) mass is 421 g/mol. The summed E-state index contributed by atoms with van der Waals surface area (Å²) < 4.78 is 5.70. The average molecular weight is 421 g/mol. The lowest BCUT2D eigenvalue weighted by atomic mass is 9.97. The first-order valence-electron chi connectivity index (χ1n) is 10.4. The molecule has 4 rings (SSSR count). The van der Waals surface area contributed by atoms with Crippen molar-refractivity contribution < 1.29 is 19.4 Å². The van der Waals surface area contributed by atoms with Gasteiger partial charge in [-0.15, -0.1) is 0 Å². The number of hydrogen-bond acceptors (Lipinski definition) is 4. The van der Waals surface area contributed by atoms with E-state index in [1.165, 1.54) is 0 Å². The lowest BCUT2D eigenvalue weighted by Crippen LogP contribution is -2.51. The number of carboxylic acid groups (broad SMARTS) is 1. The third kappa shape index (κ3) is 3.77. The van der Waals surface area contributed by atoms with Crippen LogP contribution in [-0.4, -0.2) is 58.5 Å². The Labute approximate surface area is 181 Å². The van der Waals surface area contributed by atoms with Crippen molar-refractivity contribution in [2.45, 2.75) is 26.4 Å². The van der Waals surface area contributed by atoms with Crippen LogP contribution >= 0.6 is 0 Å². The number of ether oxygens (including phenoxy) is 1. The van der Waals surface area contributed by atoms with Crippen LogP contribution in [0.4, 0.5) is 0 Å². The summed E-state index contributed by atoms with van der Waals surface area (Å²) in [5.41, 5.74) is 4.21. The molecule has 1 fully saturated rings. The highest BCUT2D eigenvalue weighted by molar-refractivity contribution is 5.89. The molecular weight excluding hydrogens is 394 g/mol. The molecule has 1 aromatic heterocycles. The van der Waals surface area contributed by atoms with E-state index in [0.717, 1.165) is 33.3 Å². The van der Waals surface area contributed by atoms with Crippen molar-refractivity contribution in [1.29, 1.82) is 0 Å². The van der Waals surface area contributed by atoms with Gasteiger partial charge in [0.2, 0.25) is 5.91 Å². The van der Waals surface area contributed by atoms with E-state index in [2.05, 4.69) is 9.88 Å². The number of nitrogens with one attached hydrogen (secondary N) is 1. The molecule has 0 aliphatic carbocycles. The van der Waals surface area contributed by atoms with Crippen LogP contribution in [0, 0.1) is 6.92 Å². The number of nitrogens with zero attached hydrogens (tertiary/aromatic N) is 2. The van der Waals surface area contributed by atoms with Crippen molar-refractivity contribution in [3.8, 4) is 5.75 Å². The van der Waals surface area contributed by atoms with Gasteiger partial charge < -0.3 is 19.7 Å². The first-order chi connectivity index (χ1) is 14.9. The molecule has 2 aromatic carbocycles. The highest BCUT2D eigenvalue weighted by Gasteiger charge is 2.36. The van der Waals surface area contributed by atoms with E-state index >= 15 is 0 Å². The second-order valence-electron chi connectivity index (χ2n) is 7.86. The summed E-state index contributed by atoms with van der Waals surface area (Å²) in [6.45, 7) is 6.59. The molecule has 1 unspecified atom stereocenters. The van der Waals surface area contributed by atoms with Gasteiger partial charge in [0, 0.05) is 48.8 Å². The lowest BCUT2D eigenvalue weighted by Gasteiger charge is -2.40. The summed E-state index contributed by atoms with van der Waals surface area (Å²) in [6.07, 6.45) is 1.92. The van der Waals surface area contributed by atoms with Gasteiger partial charge in [0.05, 0.1) is 12.7 Å². The van der Waals surface area contributed by atoms with Gasteiger partial charge in [-0.2, -0.15) is 0 Å². The van der Waals surface area contributed by atoms with Crippen molar-refractivity contribution in [3.05, 3.63) is 64.8 Å². The van der Waals surface area contributed by atoms with Crippen LogP contribution in [0.3, 0.4) is 0 Å². The van der Waals surface area contributed by atoms with Crippen molar-refractivity contribution in [1.82, 2.24) is 14.8 Å². The van der Waals surface area contributed by atoms with Crippen LogP contribution in [0.1, 0.15) is 40.0 Å². The molecule has 0 radical (unpaired) electrons. The topological polar surface area (TPSA) is 85.9 Å². The molecule has 2 heterocycles. The number of benzene rings is 2. The largest absolute Gasteiger partial charge is 0.496 e. The number of methoxy groups -OCH3 is 1. The van der Waals surface area contributed by atoms with E-state index in [1.807, 2.05) is 37.1 Å². The maximum atomic E-state index is 13.3. The number of piperazine rings is 1. The van der Waals surface area contributed by atoms with Crippen LogP contribution in [-0.2, 0) is 11.3 Å². The Bertz CT molecular complexity index is 1120. The molecule has 0 saturated carbocycles. The quantitative estimate of drug-likeness (QED) is 0.635. The highest BCUT2D eigenvalue weighted by Crippen LogP contribution is 2.35. The van der Waals surface area contributed by atoms with Crippen LogP contribution < -0.4 is 4.74 Å². The molecule has 2 N–H and O–H groups in total. The number of fused-ring (bicyclic) bond motifs is 1. The van der Waals surface area contributed by atoms with Gasteiger partial charge in [-0.05, 0) is 49.2 Å². The third-order valence-electron chi connectivity index (χ3n) is 6.12. The SMILES string of the molecule is CCN1CCN(Cc2c(OC)cc(C)c3[nH]ccc23)C(c2ccc(C(=O)O)cc2)C1=O. The van der Waals surface area contributed by atoms with Crippen LogP contribution in [0.2, 0.25) is 0 Å². The zero-order valence-corrected chi connectivity index (χ0v) is 18.0. The number of aromatic amines is 1. The lowest BCUT2D eigenvalue weighted by molar-refractivity contribution is -0.142. The molecule has 3 aromatic rings. The van der Waals surface area contributed by atoms with Crippen molar-refractivity contribution in [2.24, 2.45) is 0 Å². The van der Waals surface area contributed by atoms with Gasteiger partial charge >= 0.3 is 5.97 Å². The van der Waals surface area contributed by atoms with Gasteiger partial charge in [0.1, 0.15) is 11.8 Å². The molecule has 0 bridgehead atoms. The number of H-pyrrole nitrogens is 1. The Morgan fingerprint density at radius 3 is 2.61 bits per heavy atom. The first-order valence-corrected chi connectivity index (χ1v) is 10.4. The number of carboxylic acids is 1. The van der Waals surface area contributed by atoms with Crippen molar-refractivity contribution in [2.75, 3.05) is 26.7 Å². The van der Waals surface area contributed by atoms with E-state index in [4.69, 9.17) is 4.74 Å². The molecule has 162 valence electrons. The normalized spacial score (nSPS) is 17.3. The Morgan fingerprint density at radius 2 is 1.97 bits per heavy atom. The van der Waals surface area contributed by atoms with Gasteiger partial charge in [-0.25, -0.2) is 4.79 Å². The number of hydrogen-bond donors (Lipinski definition) is 2. The fourth-order valence-corrected chi connectivity index (χ4v) is 4.45. The number of aromatic nitrogens is 1. The Morgan fingerprint density at radius 1 is 1.23 bits per heavy atom. The van der Waals surface area contributed by atoms with Gasteiger partial charge in [0.25, 0.3) is 0 Å². The number of carbonyl (C=O) groups is 2. The molecule has 1 amide bonds. The van der Waals surface area contributed by atoms with Gasteiger partial charge in [0.15, 0.2) is 0 Å². The second kappa shape index (κ2) is 8.43. The fourth-order valence-electron chi connectivity index (χ4n) is 4.45. The molecule has 31 heavy (non-hydrogen) atoms. The summed E-state index contributed by atoms with van der Waals surface area (Å²) in [5, 5.41) is 10.3. The van der Waals surface area contributed by atoms with Gasteiger partial charge in [-0.1, -0.05) is 12.1 Å². The van der Waals surface area contributed by atoms with Crippen LogP contribution in [0.25, 0.3) is 10.9 Å². The molecule has 1 atom stereocenters. The molecule has 7 heteroatoms. The number of aromatic carboxylic acids is 1. The van der Waals surface area contributed by atoms with E-state index < -0.39 is 12.0 Å². The maximum Gasteiger partial charge on any atom is 0.335 e. The fraction of sp³-hybridized carbons (Fsp3) is 0.333. The van der Waals surface area contributed by atoms with E-state index in [-0.39, 0.29) is 11.5 Å². The number of aryl methyl sites for hydroxylation is 1. The Hall–Kier alpha value is -3.32. The molecule has 1 aliphatic rings. The standard InChI is InChI=1S/C24H27N3O4/c1-4-26-11-12-27(22(23(26)28)16-5-7-17(8-6-16)24(29)30)14-19-18-9-10-25-21(18)15(2)13-20(19)31-3/h5-10,13,22,25H,4,11-12,14H2,1-3H3,(H,29,30). The molecule has 1 aliphatic heterocycles. The summed E-state index contributed by atoms with van der Waals surface area (Å²) >= 11 is 0. The van der Waals surface area contributed by atoms with Crippen LogP contribution in [0.5, 0.6) is 5.75 Å². The zero-order valence-electron chi connectivity index (χ0n) is 18.0. The van der Waals surface area contributed by atoms with Gasteiger partial charge in [-0.3, -0.25) is 9.69 Å². The summed E-state index contributed by atoms with van der Waals surface area (Å²) in [5.74, 6) is -0.143. The van der Waals surface area contributed by atoms with E-state index in [0.29, 0.717) is 26.2 Å². The van der Waals surface area contributed by atoms with E-state index in [1.54, 1.807) is 31.4 Å². The third-order valence-corrected chi connectivity index (χ3v) is 6.12. The van der Waals surface area contributed by atoms with Crippen molar-refractivity contribution >= 4 is 22.8 Å². The van der Waals surface area contributed by atoms with E-state index in [9.17, 15) is 14.7 Å². The van der Waals surface area contributed by atoms with Crippen molar-refractivity contribution in [3.63, 3.8) is 0 Å². The molecule has 1 saturated heterocycles. The minimum absolute atomic E-state index is 0.0354. The summed E-state index contributed by atoms with van der Waals surface area (Å²) in [7, 11) is 1.67. The predicted molar refractivity (Wildman–Crippen MR) is 118 cm³/mol. The smallest absolute Gasteiger partial charge is 0.335 e. The molecule has 7 nitrogen and oxygen atoms in total. The number of likely N-dealkylation sites (N-methyl/N-ethyl adjacent to an activating group) is 1. The summed E-state index contributed by atoms with van der Waals surface area (Å²) in [4.78, 5) is 31.9. The summed E-state index contributed by atoms with van der Waals surface area (Å²) in [6, 6.07) is 10.2. The maximum absolute atomic E-state index is 13.3.